The summed E-state index contributed by atoms with van der Waals surface area (Å²) in [4.78, 5) is 0. The Kier molecular flexibility index (Phi) is 4.25. The standard InChI is InChI=1S/C19H32OS/c1-18(2)9-4-10-19(3)15-7-5-13(12-21)11-16(20)14(15)6-8-17(18)19/h11,14-17,20-21H,4-10,12H2,1-3H3. The minimum atomic E-state index is -0.234. The first kappa shape index (κ1) is 15.9. The van der Waals surface area contributed by atoms with Crippen molar-refractivity contribution in [1.29, 1.82) is 0 Å². The van der Waals surface area contributed by atoms with Gasteiger partial charge in [-0.2, -0.15) is 12.6 Å². The number of thiol groups is 1. The molecule has 5 unspecified atom stereocenters. The van der Waals surface area contributed by atoms with Gasteiger partial charge in [0.25, 0.3) is 0 Å². The molecule has 0 heterocycles. The number of hydrogen-bond donors (Lipinski definition) is 2. The maximum absolute atomic E-state index is 10.7. The summed E-state index contributed by atoms with van der Waals surface area (Å²) in [5, 5.41) is 10.7. The molecule has 0 bridgehead atoms. The van der Waals surface area contributed by atoms with Crippen LogP contribution in [0.4, 0.5) is 0 Å². The summed E-state index contributed by atoms with van der Waals surface area (Å²) in [7, 11) is 0. The van der Waals surface area contributed by atoms with Crippen molar-refractivity contribution in [2.75, 3.05) is 5.75 Å². The third-order valence-corrected chi connectivity index (χ3v) is 7.66. The first-order valence-electron chi connectivity index (χ1n) is 8.87. The largest absolute Gasteiger partial charge is 0.389 e. The molecule has 2 heteroatoms. The molecular weight excluding hydrogens is 276 g/mol. The molecule has 1 N–H and O–H groups in total. The van der Waals surface area contributed by atoms with Crippen LogP contribution in [-0.2, 0) is 0 Å². The van der Waals surface area contributed by atoms with Gasteiger partial charge in [-0.3, -0.25) is 0 Å². The monoisotopic (exact) mass is 308 g/mol. The summed E-state index contributed by atoms with van der Waals surface area (Å²) in [6.07, 6.45) is 10.9. The van der Waals surface area contributed by atoms with Crippen LogP contribution in [0.1, 0.15) is 65.7 Å². The Morgan fingerprint density at radius 2 is 1.95 bits per heavy atom. The highest BCUT2D eigenvalue weighted by Crippen LogP contribution is 2.63. The fourth-order valence-electron chi connectivity index (χ4n) is 6.25. The molecule has 120 valence electrons. The lowest BCUT2D eigenvalue weighted by molar-refractivity contribution is -0.115. The summed E-state index contributed by atoms with van der Waals surface area (Å²) in [5.41, 5.74) is 2.27. The second-order valence-electron chi connectivity index (χ2n) is 8.76. The minimum absolute atomic E-state index is 0.234. The molecule has 0 aromatic heterocycles. The number of fused-ring (bicyclic) bond motifs is 3. The summed E-state index contributed by atoms with van der Waals surface area (Å²) in [5.74, 6) is 2.82. The van der Waals surface area contributed by atoms with Crippen LogP contribution >= 0.6 is 12.6 Å². The highest BCUT2D eigenvalue weighted by Gasteiger charge is 2.55. The Hall–Kier alpha value is 0.0500. The van der Waals surface area contributed by atoms with Crippen molar-refractivity contribution in [3.8, 4) is 0 Å². The average Bonchev–Trinajstić information content (AvgIpc) is 2.58. The van der Waals surface area contributed by atoms with Gasteiger partial charge in [-0.05, 0) is 67.1 Å². The summed E-state index contributed by atoms with van der Waals surface area (Å²) < 4.78 is 0. The van der Waals surface area contributed by atoms with Gasteiger partial charge in [-0.1, -0.05) is 38.8 Å². The molecule has 0 aromatic rings. The average molecular weight is 309 g/mol. The summed E-state index contributed by atoms with van der Waals surface area (Å²) in [6, 6.07) is 0. The smallest absolute Gasteiger partial charge is 0.0754 e. The maximum atomic E-state index is 10.7. The van der Waals surface area contributed by atoms with Gasteiger partial charge in [0, 0.05) is 5.75 Å². The minimum Gasteiger partial charge on any atom is -0.389 e. The summed E-state index contributed by atoms with van der Waals surface area (Å²) >= 11 is 4.45. The molecule has 21 heavy (non-hydrogen) atoms. The Balaban J connectivity index is 1.91. The third-order valence-electron chi connectivity index (χ3n) is 7.25. The predicted octanol–water partition coefficient (Wildman–Crippen LogP) is 4.86. The number of aliphatic hydroxyl groups is 1. The van der Waals surface area contributed by atoms with Crippen molar-refractivity contribution in [2.24, 2.45) is 28.6 Å². The van der Waals surface area contributed by atoms with Crippen LogP contribution in [0, 0.1) is 28.6 Å². The van der Waals surface area contributed by atoms with Gasteiger partial charge in [0.2, 0.25) is 0 Å². The van der Waals surface area contributed by atoms with Crippen molar-refractivity contribution in [2.45, 2.75) is 71.8 Å². The molecule has 3 aliphatic carbocycles. The highest BCUT2D eigenvalue weighted by atomic mass is 32.1. The van der Waals surface area contributed by atoms with Crippen molar-refractivity contribution >= 4 is 12.6 Å². The predicted molar refractivity (Wildman–Crippen MR) is 92.6 cm³/mol. The fraction of sp³-hybridized carbons (Fsp3) is 0.895. The van der Waals surface area contributed by atoms with E-state index in [4.69, 9.17) is 0 Å². The highest BCUT2D eigenvalue weighted by molar-refractivity contribution is 7.80. The van der Waals surface area contributed by atoms with E-state index in [9.17, 15) is 5.11 Å². The Morgan fingerprint density at radius 3 is 2.67 bits per heavy atom. The molecule has 2 saturated carbocycles. The number of aliphatic hydroxyl groups excluding tert-OH is 1. The lowest BCUT2D eigenvalue weighted by Gasteiger charge is -2.60. The van der Waals surface area contributed by atoms with Crippen LogP contribution in [0.25, 0.3) is 0 Å². The Labute approximate surface area is 136 Å². The number of rotatable bonds is 1. The zero-order valence-electron chi connectivity index (χ0n) is 13.9. The topological polar surface area (TPSA) is 20.2 Å². The van der Waals surface area contributed by atoms with Gasteiger partial charge in [-0.25, -0.2) is 0 Å². The normalized spacial score (nSPS) is 46.0. The van der Waals surface area contributed by atoms with Gasteiger partial charge < -0.3 is 5.11 Å². The van der Waals surface area contributed by atoms with E-state index >= 15 is 0 Å². The van der Waals surface area contributed by atoms with Gasteiger partial charge in [-0.15, -0.1) is 0 Å². The van der Waals surface area contributed by atoms with Gasteiger partial charge >= 0.3 is 0 Å². The summed E-state index contributed by atoms with van der Waals surface area (Å²) in [6.45, 7) is 7.52. The van der Waals surface area contributed by atoms with Crippen molar-refractivity contribution in [1.82, 2.24) is 0 Å². The lowest BCUT2D eigenvalue weighted by atomic mass is 9.45. The lowest BCUT2D eigenvalue weighted by Crippen LogP contribution is -2.53. The van der Waals surface area contributed by atoms with E-state index in [1.807, 2.05) is 0 Å². The van der Waals surface area contributed by atoms with Crippen molar-refractivity contribution in [3.63, 3.8) is 0 Å². The van der Waals surface area contributed by atoms with E-state index in [-0.39, 0.29) is 6.10 Å². The molecule has 3 aliphatic rings. The zero-order valence-corrected chi connectivity index (χ0v) is 14.8. The molecule has 5 atom stereocenters. The molecule has 0 aromatic carbocycles. The third kappa shape index (κ3) is 2.61. The van der Waals surface area contributed by atoms with Crippen LogP contribution in [0.2, 0.25) is 0 Å². The van der Waals surface area contributed by atoms with Gasteiger partial charge in [0.05, 0.1) is 6.10 Å². The molecule has 0 amide bonds. The second-order valence-corrected chi connectivity index (χ2v) is 9.08. The number of hydrogen-bond acceptors (Lipinski definition) is 2. The van der Waals surface area contributed by atoms with E-state index in [1.54, 1.807) is 0 Å². The van der Waals surface area contributed by atoms with E-state index in [1.165, 1.54) is 44.1 Å². The molecule has 0 saturated heterocycles. The first-order chi connectivity index (χ1) is 9.88. The van der Waals surface area contributed by atoms with E-state index < -0.39 is 0 Å². The van der Waals surface area contributed by atoms with Gasteiger partial charge in [0.1, 0.15) is 0 Å². The molecule has 0 aliphatic heterocycles. The Morgan fingerprint density at radius 1 is 1.19 bits per heavy atom. The molecule has 0 radical (unpaired) electrons. The second kappa shape index (κ2) is 5.60. The van der Waals surface area contributed by atoms with Crippen molar-refractivity contribution in [3.05, 3.63) is 11.6 Å². The van der Waals surface area contributed by atoms with Crippen LogP contribution in [0.15, 0.2) is 11.6 Å². The molecule has 1 nitrogen and oxygen atoms in total. The van der Waals surface area contributed by atoms with Crippen LogP contribution in [0.3, 0.4) is 0 Å². The van der Waals surface area contributed by atoms with Gasteiger partial charge in [0.15, 0.2) is 0 Å². The zero-order chi connectivity index (χ0) is 15.3. The molecule has 2 fully saturated rings. The van der Waals surface area contributed by atoms with Crippen LogP contribution in [0.5, 0.6) is 0 Å². The first-order valence-corrected chi connectivity index (χ1v) is 9.50. The van der Waals surface area contributed by atoms with Crippen LogP contribution < -0.4 is 0 Å². The molecular formula is C19H32OS. The van der Waals surface area contributed by atoms with E-state index in [0.717, 1.165) is 18.1 Å². The molecule has 0 spiro atoms. The fourth-order valence-corrected chi connectivity index (χ4v) is 6.52. The van der Waals surface area contributed by atoms with Crippen LogP contribution in [-0.4, -0.2) is 17.0 Å². The molecule has 3 rings (SSSR count). The van der Waals surface area contributed by atoms with Crippen molar-refractivity contribution < 1.29 is 5.11 Å². The maximum Gasteiger partial charge on any atom is 0.0754 e. The van der Waals surface area contributed by atoms with E-state index in [0.29, 0.717) is 22.7 Å². The SMILES string of the molecule is CC1(C)CCCC2(C)C3CCC(CS)=CC(O)C3CCC12. The quantitative estimate of drug-likeness (QED) is 0.524. The van der Waals surface area contributed by atoms with E-state index in [2.05, 4.69) is 39.5 Å². The Bertz CT molecular complexity index is 427.